The van der Waals surface area contributed by atoms with E-state index in [-0.39, 0.29) is 31.2 Å². The third kappa shape index (κ3) is 7.03. The molecule has 0 saturated carbocycles. The van der Waals surface area contributed by atoms with Crippen molar-refractivity contribution in [2.75, 3.05) is 6.61 Å². The number of alkyl halides is 1. The molecule has 0 aliphatic carbocycles. The molecule has 0 aromatic heterocycles. The Morgan fingerprint density at radius 1 is 1.39 bits per heavy atom. The fourth-order valence-electron chi connectivity index (χ4n) is 2.70. The third-order valence-corrected chi connectivity index (χ3v) is 9.05. The van der Waals surface area contributed by atoms with E-state index in [0.717, 1.165) is 18.8 Å². The first-order chi connectivity index (χ1) is 13.0. The third-order valence-electron chi connectivity index (χ3n) is 4.33. The van der Waals surface area contributed by atoms with E-state index in [1.54, 1.807) is 34.6 Å². The van der Waals surface area contributed by atoms with Crippen LogP contribution in [0.2, 0.25) is 0 Å². The predicted octanol–water partition coefficient (Wildman–Crippen LogP) is 4.14. The van der Waals surface area contributed by atoms with Gasteiger partial charge in [-0.25, -0.2) is 0 Å². The molecule has 0 spiro atoms. The number of hydrogen-bond acceptors (Lipinski definition) is 6. The van der Waals surface area contributed by atoms with Gasteiger partial charge in [-0.05, 0) is 0 Å². The van der Waals surface area contributed by atoms with Crippen LogP contribution < -0.4 is 9.61 Å². The van der Waals surface area contributed by atoms with Crippen LogP contribution >= 0.6 is 5.50 Å². The summed E-state index contributed by atoms with van der Waals surface area (Å²) in [5.41, 5.74) is -4.01. The second kappa shape index (κ2) is 9.95. The van der Waals surface area contributed by atoms with Crippen LogP contribution in [-0.4, -0.2) is 42.6 Å². The average molecular weight is 585 g/mol. The van der Waals surface area contributed by atoms with Crippen molar-refractivity contribution in [2.24, 2.45) is 0 Å². The molecule has 28 heavy (non-hydrogen) atoms. The minimum absolute atomic E-state index is 0.187. The molecule has 2 rings (SSSR count). The number of carbonyl (C=O) groups is 1. The number of benzene rings is 1. The Morgan fingerprint density at radius 3 is 2.57 bits per heavy atom. The molecule has 0 radical (unpaired) electrons. The Bertz CT molecular complexity index is 703. The molecule has 1 aliphatic rings. The summed E-state index contributed by atoms with van der Waals surface area (Å²) in [5, 5.41) is 3.18. The number of halogens is 1. The number of esters is 1. The van der Waals surface area contributed by atoms with Crippen molar-refractivity contribution in [1.82, 2.24) is 5.09 Å². The molecule has 0 bridgehead atoms. The van der Waals surface area contributed by atoms with Gasteiger partial charge >= 0.3 is 177 Å². The summed E-state index contributed by atoms with van der Waals surface area (Å²) in [4.78, 5) is 12.2. The van der Waals surface area contributed by atoms with Gasteiger partial charge in [0.2, 0.25) is 0 Å². The maximum absolute atomic E-state index is 14.4. The zero-order valence-electron chi connectivity index (χ0n) is 16.9. The van der Waals surface area contributed by atoms with Gasteiger partial charge in [-0.1, -0.05) is 0 Å². The van der Waals surface area contributed by atoms with Gasteiger partial charge in [0, 0.05) is 0 Å². The molecule has 0 amide bonds. The van der Waals surface area contributed by atoms with Gasteiger partial charge in [0.05, 0.1) is 0 Å². The zero-order valence-corrected chi connectivity index (χ0v) is 20.7. The number of rotatable bonds is 9. The van der Waals surface area contributed by atoms with Crippen LogP contribution in [0.15, 0.2) is 30.3 Å². The summed E-state index contributed by atoms with van der Waals surface area (Å²) >= 11 is 1.02. The van der Waals surface area contributed by atoms with Gasteiger partial charge in [-0.2, -0.15) is 0 Å². The topological polar surface area (TPSA) is 66.0 Å². The summed E-state index contributed by atoms with van der Waals surface area (Å²) in [6, 6.07) is 8.66. The standard InChI is InChI=1S/C19H29FNO5P.W/c1-13(2)24-18(22)14(3)21-27(26-16-9-7-6-8-10-16)23-12-17-11-19(5,20)15(4)25-17;/h6-10,13-15,17,21H,11-12H2,1-5H3;/t14-,15+,17+,19-,27?;/m1./s1. The van der Waals surface area contributed by atoms with Crippen LogP contribution in [-0.2, 0) is 37.6 Å². The average Bonchev–Trinajstić information content (AvgIpc) is 2.86. The maximum atomic E-state index is 14.4. The molecule has 158 valence electrons. The fourth-order valence-corrected chi connectivity index (χ4v) is 7.51. The molecule has 1 fully saturated rings. The summed E-state index contributed by atoms with van der Waals surface area (Å²) in [5.74, 6) is 0.266. The van der Waals surface area contributed by atoms with Crippen LogP contribution in [0.25, 0.3) is 0 Å². The van der Waals surface area contributed by atoms with E-state index in [1.807, 2.05) is 30.3 Å². The van der Waals surface area contributed by atoms with E-state index >= 15 is 0 Å². The number of carbonyl (C=O) groups excluding carboxylic acids is 1. The van der Waals surface area contributed by atoms with Crippen molar-refractivity contribution in [3.05, 3.63) is 30.3 Å². The van der Waals surface area contributed by atoms with Crippen LogP contribution in [0.5, 0.6) is 5.75 Å². The van der Waals surface area contributed by atoms with Gasteiger partial charge in [0.15, 0.2) is 0 Å². The van der Waals surface area contributed by atoms with E-state index in [0.29, 0.717) is 5.75 Å². The monoisotopic (exact) mass is 585 g/mol. The van der Waals surface area contributed by atoms with E-state index in [1.165, 1.54) is 0 Å². The van der Waals surface area contributed by atoms with Gasteiger partial charge in [0.25, 0.3) is 0 Å². The first kappa shape index (κ1) is 23.7. The van der Waals surface area contributed by atoms with Crippen molar-refractivity contribution in [3.8, 4) is 5.75 Å². The van der Waals surface area contributed by atoms with E-state index in [4.69, 9.17) is 18.5 Å². The van der Waals surface area contributed by atoms with Crippen LogP contribution in [0.4, 0.5) is 4.39 Å². The van der Waals surface area contributed by atoms with E-state index in [2.05, 4.69) is 5.09 Å². The van der Waals surface area contributed by atoms with Crippen molar-refractivity contribution >= 4 is 11.5 Å². The van der Waals surface area contributed by atoms with E-state index < -0.39 is 23.3 Å². The van der Waals surface area contributed by atoms with Crippen LogP contribution in [0, 0.1) is 0 Å². The second-order valence-corrected chi connectivity index (χ2v) is 14.3. The molecule has 6 nitrogen and oxygen atoms in total. The second-order valence-electron chi connectivity index (χ2n) is 7.42. The first-order valence-electron chi connectivity index (χ1n) is 9.32. The molecule has 1 aromatic carbocycles. The van der Waals surface area contributed by atoms with Crippen LogP contribution in [0.3, 0.4) is 0 Å². The Kier molecular flexibility index (Phi) is 8.42. The molecule has 1 aliphatic heterocycles. The molecule has 1 unspecified atom stereocenters. The summed E-state index contributed by atoms with van der Waals surface area (Å²) in [6.07, 6.45) is -0.788. The quantitative estimate of drug-likeness (QED) is 0.348. The van der Waals surface area contributed by atoms with Crippen molar-refractivity contribution in [3.63, 3.8) is 0 Å². The van der Waals surface area contributed by atoms with E-state index in [9.17, 15) is 9.18 Å². The Hall–Kier alpha value is -0.582. The van der Waals surface area contributed by atoms with Crippen molar-refractivity contribution in [1.29, 1.82) is 0 Å². The number of hydrogen-bond donors (Lipinski definition) is 1. The summed E-state index contributed by atoms with van der Waals surface area (Å²) < 4.78 is 37.6. The summed E-state index contributed by atoms with van der Waals surface area (Å²) in [6.45, 7) is 8.77. The molecule has 1 heterocycles. The van der Waals surface area contributed by atoms with Gasteiger partial charge in [-0.15, -0.1) is 0 Å². The van der Waals surface area contributed by atoms with Crippen molar-refractivity contribution in [2.45, 2.75) is 71.1 Å². The van der Waals surface area contributed by atoms with Crippen LogP contribution in [0.1, 0.15) is 41.0 Å². The SMILES string of the molecule is CC(C)OC(=O)[C@@H](C)N[P](=[W])(OC[C@@H]1C[C@@](C)(F)[C@H](C)O1)Oc1ccccc1. The Morgan fingerprint density at radius 2 is 2.04 bits per heavy atom. The molecule has 1 aromatic rings. The van der Waals surface area contributed by atoms with Gasteiger partial charge in [0.1, 0.15) is 0 Å². The zero-order chi connectivity index (χ0) is 20.9. The van der Waals surface area contributed by atoms with Crippen molar-refractivity contribution < 1.29 is 46.5 Å². The first-order valence-corrected chi connectivity index (χ1v) is 14.8. The molecule has 9 heteroatoms. The normalized spacial score (nSPS) is 28.0. The van der Waals surface area contributed by atoms with Gasteiger partial charge < -0.3 is 0 Å². The molecule has 5 atom stereocenters. The van der Waals surface area contributed by atoms with Gasteiger partial charge in [-0.3, -0.25) is 0 Å². The number of ether oxygens (including phenoxy) is 2. The molecular weight excluding hydrogens is 556 g/mol. The Balaban J connectivity index is 2.07. The molecule has 1 saturated heterocycles. The molecule has 1 N–H and O–H groups in total. The molecular formula is C19H29FNO5PW. The predicted molar refractivity (Wildman–Crippen MR) is 102 cm³/mol. The minimum atomic E-state index is -2.63. The number of para-hydroxylation sites is 1. The number of nitrogens with one attached hydrogen (secondary N) is 1. The summed E-state index contributed by atoms with van der Waals surface area (Å²) in [7, 11) is 0. The fraction of sp³-hybridized carbons (Fsp3) is 0.632. The Labute approximate surface area is 176 Å².